The molecule has 1 unspecified atom stereocenters. The van der Waals surface area contributed by atoms with E-state index in [-0.39, 0.29) is 0 Å². The Balaban J connectivity index is 2.81. The highest BCUT2D eigenvalue weighted by Gasteiger charge is 2.21. The van der Waals surface area contributed by atoms with Crippen LogP contribution in [-0.4, -0.2) is 34.1 Å². The maximum Gasteiger partial charge on any atom is 0.0948 e. The summed E-state index contributed by atoms with van der Waals surface area (Å²) in [6.45, 7) is 10.5. The molecule has 0 amide bonds. The van der Waals surface area contributed by atoms with E-state index in [4.69, 9.17) is 5.73 Å². The Morgan fingerprint density at radius 2 is 1.84 bits per heavy atom. The summed E-state index contributed by atoms with van der Waals surface area (Å²) < 4.78 is 2.21. The lowest BCUT2D eigenvalue weighted by atomic mass is 10.1. The van der Waals surface area contributed by atoms with Crippen molar-refractivity contribution >= 4 is 0 Å². The van der Waals surface area contributed by atoms with E-state index in [0.29, 0.717) is 12.6 Å². The third-order valence-corrected chi connectivity index (χ3v) is 3.69. The predicted octanol–water partition coefficient (Wildman–Crippen LogP) is 2.81. The summed E-state index contributed by atoms with van der Waals surface area (Å²) in [5, 5.41) is 0. The van der Waals surface area contributed by atoms with E-state index in [0.717, 1.165) is 19.6 Å². The number of aromatic nitrogens is 2. The molecule has 4 nitrogen and oxygen atoms in total. The molecule has 1 heterocycles. The molecule has 1 aromatic heterocycles. The number of hydrogen-bond acceptors (Lipinski definition) is 3. The van der Waals surface area contributed by atoms with Crippen LogP contribution in [0.3, 0.4) is 0 Å². The average Bonchev–Trinajstić information content (AvgIpc) is 2.90. The molecule has 4 heteroatoms. The van der Waals surface area contributed by atoms with Gasteiger partial charge in [-0.15, -0.1) is 0 Å². The van der Waals surface area contributed by atoms with Crippen LogP contribution >= 0.6 is 0 Å². The van der Waals surface area contributed by atoms with Crippen molar-refractivity contribution in [1.29, 1.82) is 0 Å². The lowest BCUT2D eigenvalue weighted by Gasteiger charge is -2.31. The van der Waals surface area contributed by atoms with Gasteiger partial charge in [0, 0.05) is 19.3 Å². The van der Waals surface area contributed by atoms with E-state index in [2.05, 4.69) is 35.2 Å². The largest absolute Gasteiger partial charge is 0.333 e. The van der Waals surface area contributed by atoms with Crippen molar-refractivity contribution in [2.75, 3.05) is 19.6 Å². The Morgan fingerprint density at radius 1 is 1.21 bits per heavy atom. The van der Waals surface area contributed by atoms with Crippen LogP contribution in [0.25, 0.3) is 0 Å². The van der Waals surface area contributed by atoms with E-state index in [1.807, 2.05) is 12.5 Å². The SMILES string of the molecule is CCCCN(CCCC)C(CN)c1cncn1CC. The standard InChI is InChI=1S/C15H30N4/c1-4-7-9-19(10-8-5-2)14(11-16)15-12-17-13-18(15)6-3/h12-14H,4-11,16H2,1-3H3. The Kier molecular flexibility index (Phi) is 7.75. The van der Waals surface area contributed by atoms with Crippen LogP contribution in [0.1, 0.15) is 58.2 Å². The summed E-state index contributed by atoms with van der Waals surface area (Å²) in [5.74, 6) is 0. The zero-order valence-corrected chi connectivity index (χ0v) is 12.8. The monoisotopic (exact) mass is 266 g/mol. The van der Waals surface area contributed by atoms with Gasteiger partial charge in [0.1, 0.15) is 0 Å². The van der Waals surface area contributed by atoms with Crippen molar-refractivity contribution in [2.24, 2.45) is 5.73 Å². The van der Waals surface area contributed by atoms with Crippen LogP contribution in [0.2, 0.25) is 0 Å². The topological polar surface area (TPSA) is 47.1 Å². The van der Waals surface area contributed by atoms with Gasteiger partial charge in [0.2, 0.25) is 0 Å². The van der Waals surface area contributed by atoms with Crippen molar-refractivity contribution in [1.82, 2.24) is 14.5 Å². The molecule has 1 aromatic rings. The highest BCUT2D eigenvalue weighted by atomic mass is 15.2. The Morgan fingerprint density at radius 3 is 2.32 bits per heavy atom. The highest BCUT2D eigenvalue weighted by molar-refractivity contribution is 5.06. The lowest BCUT2D eigenvalue weighted by molar-refractivity contribution is 0.188. The second-order valence-corrected chi connectivity index (χ2v) is 5.10. The fourth-order valence-electron chi connectivity index (χ4n) is 2.48. The first-order valence-corrected chi connectivity index (χ1v) is 7.72. The summed E-state index contributed by atoms with van der Waals surface area (Å²) in [4.78, 5) is 6.82. The molecule has 0 bridgehead atoms. The summed E-state index contributed by atoms with van der Waals surface area (Å²) >= 11 is 0. The average molecular weight is 266 g/mol. The molecule has 0 aliphatic rings. The predicted molar refractivity (Wildman–Crippen MR) is 81.1 cm³/mol. The third kappa shape index (κ3) is 4.62. The molecular weight excluding hydrogens is 236 g/mol. The molecule has 0 saturated carbocycles. The number of hydrogen-bond donors (Lipinski definition) is 1. The van der Waals surface area contributed by atoms with Gasteiger partial charge in [-0.25, -0.2) is 4.98 Å². The minimum absolute atomic E-state index is 0.306. The van der Waals surface area contributed by atoms with E-state index >= 15 is 0 Å². The lowest BCUT2D eigenvalue weighted by Crippen LogP contribution is -2.36. The number of aryl methyl sites for hydroxylation is 1. The van der Waals surface area contributed by atoms with Gasteiger partial charge in [0.25, 0.3) is 0 Å². The molecule has 0 radical (unpaired) electrons. The summed E-state index contributed by atoms with van der Waals surface area (Å²) in [5.41, 5.74) is 7.31. The second kappa shape index (κ2) is 9.10. The van der Waals surface area contributed by atoms with Crippen molar-refractivity contribution in [2.45, 2.75) is 59.0 Å². The molecule has 1 atom stereocenters. The number of nitrogens with two attached hydrogens (primary N) is 1. The van der Waals surface area contributed by atoms with Gasteiger partial charge in [-0.05, 0) is 32.9 Å². The van der Waals surface area contributed by atoms with Crippen LogP contribution < -0.4 is 5.73 Å². The molecule has 0 saturated heterocycles. The Labute approximate surface area is 118 Å². The molecule has 0 aromatic carbocycles. The molecule has 1 rings (SSSR count). The Bertz CT molecular complexity index is 327. The molecule has 0 aliphatic heterocycles. The van der Waals surface area contributed by atoms with Crippen molar-refractivity contribution < 1.29 is 0 Å². The fraction of sp³-hybridized carbons (Fsp3) is 0.800. The van der Waals surface area contributed by atoms with Crippen molar-refractivity contribution in [3.8, 4) is 0 Å². The number of imidazole rings is 1. The zero-order valence-electron chi connectivity index (χ0n) is 12.8. The minimum atomic E-state index is 0.306. The van der Waals surface area contributed by atoms with Crippen molar-refractivity contribution in [3.63, 3.8) is 0 Å². The summed E-state index contributed by atoms with van der Waals surface area (Å²) in [6, 6.07) is 0.306. The highest BCUT2D eigenvalue weighted by Crippen LogP contribution is 2.20. The number of nitrogens with zero attached hydrogens (tertiary/aromatic N) is 3. The van der Waals surface area contributed by atoms with Gasteiger partial charge in [-0.2, -0.15) is 0 Å². The van der Waals surface area contributed by atoms with Crippen LogP contribution in [0, 0.1) is 0 Å². The number of rotatable bonds is 10. The summed E-state index contributed by atoms with van der Waals surface area (Å²) in [7, 11) is 0. The molecule has 19 heavy (non-hydrogen) atoms. The third-order valence-electron chi connectivity index (χ3n) is 3.69. The van der Waals surface area contributed by atoms with Crippen LogP contribution in [0.4, 0.5) is 0 Å². The molecule has 0 spiro atoms. The Hall–Kier alpha value is -0.870. The number of unbranched alkanes of at least 4 members (excludes halogenated alkanes) is 2. The zero-order chi connectivity index (χ0) is 14.1. The van der Waals surface area contributed by atoms with Gasteiger partial charge in [-0.1, -0.05) is 26.7 Å². The van der Waals surface area contributed by atoms with Crippen LogP contribution in [0.5, 0.6) is 0 Å². The van der Waals surface area contributed by atoms with E-state index in [9.17, 15) is 0 Å². The van der Waals surface area contributed by atoms with Gasteiger partial charge < -0.3 is 10.3 Å². The smallest absolute Gasteiger partial charge is 0.0948 e. The first-order valence-electron chi connectivity index (χ1n) is 7.72. The van der Waals surface area contributed by atoms with Crippen LogP contribution in [-0.2, 0) is 6.54 Å². The van der Waals surface area contributed by atoms with Crippen LogP contribution in [0.15, 0.2) is 12.5 Å². The molecule has 0 fully saturated rings. The molecule has 0 aliphatic carbocycles. The quantitative estimate of drug-likeness (QED) is 0.708. The van der Waals surface area contributed by atoms with E-state index in [1.165, 1.54) is 31.4 Å². The fourth-order valence-corrected chi connectivity index (χ4v) is 2.48. The first kappa shape index (κ1) is 16.2. The minimum Gasteiger partial charge on any atom is -0.333 e. The van der Waals surface area contributed by atoms with Gasteiger partial charge in [0.05, 0.1) is 18.1 Å². The van der Waals surface area contributed by atoms with Gasteiger partial charge >= 0.3 is 0 Å². The second-order valence-electron chi connectivity index (χ2n) is 5.10. The normalized spacial score (nSPS) is 13.1. The van der Waals surface area contributed by atoms with Crippen molar-refractivity contribution in [3.05, 3.63) is 18.2 Å². The maximum atomic E-state index is 6.05. The van der Waals surface area contributed by atoms with E-state index < -0.39 is 0 Å². The molecule has 110 valence electrons. The molecular formula is C15H30N4. The van der Waals surface area contributed by atoms with E-state index in [1.54, 1.807) is 0 Å². The maximum absolute atomic E-state index is 6.05. The molecule has 2 N–H and O–H groups in total. The van der Waals surface area contributed by atoms with Gasteiger partial charge in [0.15, 0.2) is 0 Å². The van der Waals surface area contributed by atoms with Gasteiger partial charge in [-0.3, -0.25) is 4.90 Å². The summed E-state index contributed by atoms with van der Waals surface area (Å²) in [6.07, 6.45) is 8.82. The first-order chi connectivity index (χ1) is 9.28.